The molecule has 1 saturated heterocycles. The van der Waals surface area contributed by atoms with Crippen LogP contribution in [-0.2, 0) is 16.5 Å². The van der Waals surface area contributed by atoms with Gasteiger partial charge in [0.25, 0.3) is 0 Å². The van der Waals surface area contributed by atoms with E-state index in [0.717, 1.165) is 19.6 Å². The van der Waals surface area contributed by atoms with Crippen LogP contribution in [0.1, 0.15) is 19.3 Å². The average Bonchev–Trinajstić information content (AvgIpc) is 2.35. The molecule has 0 radical (unpaired) electrons. The van der Waals surface area contributed by atoms with Gasteiger partial charge in [0.15, 0.2) is 0 Å². The van der Waals surface area contributed by atoms with Crippen LogP contribution >= 0.6 is 18.8 Å². The van der Waals surface area contributed by atoms with Crippen LogP contribution < -0.4 is 0 Å². The third kappa shape index (κ3) is 14.5. The Morgan fingerprint density at radius 2 is 1.67 bits per heavy atom. The molecule has 0 unspecified atom stereocenters. The van der Waals surface area contributed by atoms with E-state index in [1.807, 2.05) is 18.2 Å². The van der Waals surface area contributed by atoms with Crippen LogP contribution in [0.25, 0.3) is 10.6 Å². The Kier molecular flexibility index (Phi) is 15.0. The van der Waals surface area contributed by atoms with Crippen LogP contribution in [0.4, 0.5) is 0 Å². The number of nitrogens with zero attached hydrogens (tertiary/aromatic N) is 2. The number of hydrogen-bond donors (Lipinski definition) is 0. The van der Waals surface area contributed by atoms with Gasteiger partial charge in [0.1, 0.15) is 0 Å². The molecule has 2 nitrogen and oxygen atoms in total. The van der Waals surface area contributed by atoms with E-state index in [-0.39, 0.29) is 0 Å². The van der Waals surface area contributed by atoms with Gasteiger partial charge in [-0.3, -0.25) is 0 Å². The monoisotopic (exact) mass is 429 g/mol. The van der Waals surface area contributed by atoms with Gasteiger partial charge in [-0.15, -0.1) is 25.7 Å². The van der Waals surface area contributed by atoms with Crippen LogP contribution in [-0.4, -0.2) is 19.6 Å². The maximum atomic E-state index is 4.88. The van der Waals surface area contributed by atoms with Crippen molar-refractivity contribution in [1.82, 2.24) is 0 Å². The first-order chi connectivity index (χ1) is 7.41. The van der Waals surface area contributed by atoms with Gasteiger partial charge in [-0.05, 0) is 0 Å². The second kappa shape index (κ2) is 14.5. The number of piperidine rings is 1. The Bertz CT molecular complexity index is 147. The standard InChI is InChI=1S/C5H10N.C5H6N.2ClH.Pt/c2*1-2-4-6-5-3-1;;;/h1-5H2;1-4H,5H2;2*1H;/q2*-1;;;+4/p-2. The van der Waals surface area contributed by atoms with Gasteiger partial charge in [0.05, 0.1) is 0 Å². The summed E-state index contributed by atoms with van der Waals surface area (Å²) in [7, 11) is 9.75. The van der Waals surface area contributed by atoms with E-state index in [1.165, 1.54) is 19.3 Å². The van der Waals surface area contributed by atoms with Crippen LogP contribution in [0, 0.1) is 0 Å². The molecule has 90 valence electrons. The molecule has 2 aliphatic rings. The quantitative estimate of drug-likeness (QED) is 0.547. The molecule has 0 aromatic carbocycles. The van der Waals surface area contributed by atoms with Crippen molar-refractivity contribution in [2.75, 3.05) is 19.6 Å². The van der Waals surface area contributed by atoms with E-state index < -0.39 is 16.5 Å². The number of rotatable bonds is 0. The van der Waals surface area contributed by atoms with Crippen molar-refractivity contribution in [2.24, 2.45) is 0 Å². The first-order valence-corrected chi connectivity index (χ1v) is 10.5. The fraction of sp³-hybridized carbons (Fsp3) is 0.600. The summed E-state index contributed by atoms with van der Waals surface area (Å²) in [5.74, 6) is 0. The van der Waals surface area contributed by atoms with Crippen LogP contribution in [0.2, 0.25) is 0 Å². The third-order valence-electron chi connectivity index (χ3n) is 1.78. The first-order valence-electron chi connectivity index (χ1n) is 4.85. The van der Waals surface area contributed by atoms with Gasteiger partial charge in [0, 0.05) is 0 Å². The number of hydrogen-bond acceptors (Lipinski definition) is 0. The minimum atomic E-state index is -0.472. The normalized spacial score (nSPS) is 18.0. The van der Waals surface area contributed by atoms with Crippen molar-refractivity contribution in [2.45, 2.75) is 19.3 Å². The second-order valence-electron chi connectivity index (χ2n) is 2.91. The Balaban J connectivity index is 0.000000210. The SMILES string of the molecule is C1=CC[N-]C=C1.C1CC[N-]CC1.[Cl][Pt+2][Cl]. The van der Waals surface area contributed by atoms with E-state index in [0.29, 0.717) is 0 Å². The molecule has 0 spiro atoms. The molecule has 2 rings (SSSR count). The van der Waals surface area contributed by atoms with Crippen LogP contribution in [0.15, 0.2) is 24.4 Å². The third-order valence-corrected chi connectivity index (χ3v) is 1.78. The Labute approximate surface area is 109 Å². The van der Waals surface area contributed by atoms with Crippen LogP contribution in [0.3, 0.4) is 0 Å². The topological polar surface area (TPSA) is 28.2 Å². The Morgan fingerprint density at radius 3 is 1.80 bits per heavy atom. The zero-order valence-electron chi connectivity index (χ0n) is 8.52. The molecule has 0 amide bonds. The molecule has 0 aromatic rings. The molecule has 2 aliphatic heterocycles. The summed E-state index contributed by atoms with van der Waals surface area (Å²) in [4.78, 5) is 0. The van der Waals surface area contributed by atoms with Gasteiger partial charge in [0.2, 0.25) is 0 Å². The minimum absolute atomic E-state index is 0.472. The fourth-order valence-electron chi connectivity index (χ4n) is 1.11. The number of halogens is 2. The molecule has 15 heavy (non-hydrogen) atoms. The van der Waals surface area contributed by atoms with E-state index in [1.54, 1.807) is 6.20 Å². The molecular formula is C10H16Cl2N2Pt. The van der Waals surface area contributed by atoms with Gasteiger partial charge in [-0.25, -0.2) is 0 Å². The van der Waals surface area contributed by atoms with Crippen molar-refractivity contribution in [3.05, 3.63) is 35.1 Å². The zero-order chi connectivity index (χ0) is 11.2. The summed E-state index contributed by atoms with van der Waals surface area (Å²) < 4.78 is 0. The zero-order valence-corrected chi connectivity index (χ0v) is 12.3. The molecule has 1 fully saturated rings. The van der Waals surface area contributed by atoms with Crippen LogP contribution in [0.5, 0.6) is 0 Å². The average molecular weight is 430 g/mol. The van der Waals surface area contributed by atoms with E-state index in [4.69, 9.17) is 18.8 Å². The summed E-state index contributed by atoms with van der Waals surface area (Å²) in [6.07, 6.45) is 11.8. The van der Waals surface area contributed by atoms with Crippen molar-refractivity contribution in [3.8, 4) is 0 Å². The Hall–Kier alpha value is 0.508. The Morgan fingerprint density at radius 1 is 1.00 bits per heavy atom. The molecule has 0 atom stereocenters. The van der Waals surface area contributed by atoms with Crippen molar-refractivity contribution < 1.29 is 16.5 Å². The predicted molar refractivity (Wildman–Crippen MR) is 65.2 cm³/mol. The van der Waals surface area contributed by atoms with E-state index in [9.17, 15) is 0 Å². The summed E-state index contributed by atoms with van der Waals surface area (Å²) >= 11 is -0.472. The summed E-state index contributed by atoms with van der Waals surface area (Å²) in [5.41, 5.74) is 0. The fourth-order valence-corrected chi connectivity index (χ4v) is 1.11. The molecule has 0 aromatic heterocycles. The van der Waals surface area contributed by atoms with Crippen molar-refractivity contribution >= 4 is 18.8 Å². The molecule has 0 saturated carbocycles. The first kappa shape index (κ1) is 15.5. The van der Waals surface area contributed by atoms with Crippen molar-refractivity contribution in [1.29, 1.82) is 0 Å². The maximum absolute atomic E-state index is 4.88. The molecule has 0 N–H and O–H groups in total. The molecule has 2 heterocycles. The van der Waals surface area contributed by atoms with Gasteiger partial charge < -0.3 is 10.6 Å². The number of allylic oxidation sites excluding steroid dienone is 2. The van der Waals surface area contributed by atoms with Gasteiger partial charge in [-0.1, -0.05) is 31.4 Å². The van der Waals surface area contributed by atoms with E-state index >= 15 is 0 Å². The summed E-state index contributed by atoms with van der Waals surface area (Å²) in [6, 6.07) is 0. The molecule has 0 bridgehead atoms. The summed E-state index contributed by atoms with van der Waals surface area (Å²) in [5, 5.41) is 8.09. The molecule has 0 aliphatic carbocycles. The summed E-state index contributed by atoms with van der Waals surface area (Å²) in [6.45, 7) is 3.11. The second-order valence-corrected chi connectivity index (χ2v) is 6.19. The van der Waals surface area contributed by atoms with E-state index in [2.05, 4.69) is 10.6 Å². The predicted octanol–water partition coefficient (Wildman–Crippen LogP) is 4.36. The van der Waals surface area contributed by atoms with Crippen molar-refractivity contribution in [3.63, 3.8) is 0 Å². The molecule has 5 heteroatoms. The van der Waals surface area contributed by atoms with Gasteiger partial charge >= 0.3 is 35.3 Å². The molecular weight excluding hydrogens is 414 g/mol. The van der Waals surface area contributed by atoms with Gasteiger partial charge in [-0.2, -0.15) is 6.20 Å².